The lowest BCUT2D eigenvalue weighted by Gasteiger charge is -2.27. The number of amides is 1. The highest BCUT2D eigenvalue weighted by atomic mass is 16.5. The third-order valence-corrected chi connectivity index (χ3v) is 4.25. The Kier molecular flexibility index (Phi) is 4.57. The maximum atomic E-state index is 13.2. The number of nitrogens with zero attached hydrogens (tertiary/aromatic N) is 3. The van der Waals surface area contributed by atoms with Crippen LogP contribution in [0.3, 0.4) is 0 Å². The van der Waals surface area contributed by atoms with Gasteiger partial charge in [-0.1, -0.05) is 55.8 Å². The Morgan fingerprint density at radius 2 is 1.81 bits per heavy atom. The Balaban J connectivity index is 2.12. The first-order chi connectivity index (χ1) is 12.2. The molecule has 136 valence electrons. The summed E-state index contributed by atoms with van der Waals surface area (Å²) < 4.78 is 5.37. The minimum absolute atomic E-state index is 0.0139. The number of rotatable bonds is 3. The Labute approximate surface area is 154 Å². The van der Waals surface area contributed by atoms with E-state index < -0.39 is 0 Å². The van der Waals surface area contributed by atoms with Gasteiger partial charge in [0.2, 0.25) is 0 Å². The van der Waals surface area contributed by atoms with Gasteiger partial charge in [-0.25, -0.2) is 4.98 Å². The van der Waals surface area contributed by atoms with Crippen LogP contribution in [-0.2, 0) is 0 Å². The Hall–Kier alpha value is -2.69. The zero-order valence-electron chi connectivity index (χ0n) is 16.3. The van der Waals surface area contributed by atoms with Crippen LogP contribution in [0.4, 0.5) is 0 Å². The highest BCUT2D eigenvalue weighted by Gasteiger charge is 2.24. The van der Waals surface area contributed by atoms with Gasteiger partial charge in [-0.3, -0.25) is 4.79 Å². The molecule has 26 heavy (non-hydrogen) atoms. The van der Waals surface area contributed by atoms with Gasteiger partial charge in [-0.15, -0.1) is 0 Å². The number of carbonyl (C=O) groups is 1. The van der Waals surface area contributed by atoms with Crippen LogP contribution in [0.5, 0.6) is 0 Å². The van der Waals surface area contributed by atoms with Crippen LogP contribution in [0.15, 0.2) is 34.9 Å². The molecular weight excluding hydrogens is 326 g/mol. The van der Waals surface area contributed by atoms with Crippen LogP contribution >= 0.6 is 0 Å². The lowest BCUT2D eigenvalue weighted by Crippen LogP contribution is -2.34. The number of fused-ring (bicyclic) bond motifs is 1. The van der Waals surface area contributed by atoms with E-state index in [-0.39, 0.29) is 11.3 Å². The van der Waals surface area contributed by atoms with Gasteiger partial charge in [0.1, 0.15) is 0 Å². The average Bonchev–Trinajstić information content (AvgIpc) is 2.94. The van der Waals surface area contributed by atoms with Crippen LogP contribution in [0.1, 0.15) is 42.4 Å². The van der Waals surface area contributed by atoms with Crippen molar-refractivity contribution in [3.8, 4) is 11.3 Å². The molecule has 0 fully saturated rings. The summed E-state index contributed by atoms with van der Waals surface area (Å²) in [7, 11) is 1.83. The Bertz CT molecular complexity index is 950. The lowest BCUT2D eigenvalue weighted by molar-refractivity contribution is 0.0747. The van der Waals surface area contributed by atoms with Crippen molar-refractivity contribution in [1.29, 1.82) is 0 Å². The summed E-state index contributed by atoms with van der Waals surface area (Å²) in [5.74, 6) is -0.0491. The summed E-state index contributed by atoms with van der Waals surface area (Å²) in [4.78, 5) is 19.5. The SMILES string of the molecule is Cc1ccc(-c2cc(C(=O)N(C)CC(C)(C)C)c3c(C)noc3n2)cc1. The third kappa shape index (κ3) is 3.62. The van der Waals surface area contributed by atoms with Crippen molar-refractivity contribution in [2.75, 3.05) is 13.6 Å². The van der Waals surface area contributed by atoms with Gasteiger partial charge >= 0.3 is 0 Å². The zero-order valence-corrected chi connectivity index (χ0v) is 16.3. The summed E-state index contributed by atoms with van der Waals surface area (Å²) in [6, 6.07) is 9.90. The molecule has 0 N–H and O–H groups in total. The number of hydrogen-bond acceptors (Lipinski definition) is 4. The van der Waals surface area contributed by atoms with E-state index in [2.05, 4.69) is 30.9 Å². The first kappa shape index (κ1) is 18.1. The van der Waals surface area contributed by atoms with Gasteiger partial charge < -0.3 is 9.42 Å². The number of pyridine rings is 1. The highest BCUT2D eigenvalue weighted by molar-refractivity contribution is 6.06. The summed E-state index contributed by atoms with van der Waals surface area (Å²) in [6.45, 7) is 10.9. The lowest BCUT2D eigenvalue weighted by atomic mass is 9.95. The van der Waals surface area contributed by atoms with Crippen LogP contribution in [-0.4, -0.2) is 34.5 Å². The van der Waals surface area contributed by atoms with Crippen LogP contribution in [0.25, 0.3) is 22.4 Å². The van der Waals surface area contributed by atoms with E-state index in [1.165, 1.54) is 5.56 Å². The molecule has 2 aromatic heterocycles. The summed E-state index contributed by atoms with van der Waals surface area (Å²) >= 11 is 0. The van der Waals surface area contributed by atoms with Crippen LogP contribution in [0, 0.1) is 19.3 Å². The van der Waals surface area contributed by atoms with Crippen molar-refractivity contribution in [3.05, 3.63) is 47.2 Å². The molecular formula is C21H25N3O2. The molecule has 3 aromatic rings. The van der Waals surface area contributed by atoms with E-state index in [9.17, 15) is 4.79 Å². The third-order valence-electron chi connectivity index (χ3n) is 4.25. The van der Waals surface area contributed by atoms with Gasteiger partial charge in [0, 0.05) is 19.2 Å². The first-order valence-corrected chi connectivity index (χ1v) is 8.75. The molecule has 1 amide bonds. The second-order valence-electron chi connectivity index (χ2n) is 8.09. The molecule has 0 bridgehead atoms. The van der Waals surface area contributed by atoms with Crippen molar-refractivity contribution >= 4 is 17.0 Å². The molecule has 0 unspecified atom stereocenters. The molecule has 0 radical (unpaired) electrons. The maximum absolute atomic E-state index is 13.2. The molecule has 0 saturated carbocycles. The van der Waals surface area contributed by atoms with Crippen LogP contribution < -0.4 is 0 Å². The molecule has 5 heteroatoms. The normalized spacial score (nSPS) is 11.8. The Morgan fingerprint density at radius 3 is 2.42 bits per heavy atom. The molecule has 3 rings (SSSR count). The summed E-state index contributed by atoms with van der Waals surface area (Å²) in [5, 5.41) is 4.70. The molecule has 1 aromatic carbocycles. The second-order valence-corrected chi connectivity index (χ2v) is 8.09. The van der Waals surface area contributed by atoms with Crippen molar-refractivity contribution in [1.82, 2.24) is 15.0 Å². The van der Waals surface area contributed by atoms with Crippen molar-refractivity contribution in [2.24, 2.45) is 5.41 Å². The van der Waals surface area contributed by atoms with Gasteiger partial charge in [0.25, 0.3) is 11.6 Å². The highest BCUT2D eigenvalue weighted by Crippen LogP contribution is 2.28. The minimum atomic E-state index is -0.0491. The molecule has 0 spiro atoms. The van der Waals surface area contributed by atoms with E-state index in [1.54, 1.807) is 4.90 Å². The number of carbonyl (C=O) groups excluding carboxylic acids is 1. The Morgan fingerprint density at radius 1 is 1.15 bits per heavy atom. The fraction of sp³-hybridized carbons (Fsp3) is 0.381. The van der Waals surface area contributed by atoms with Gasteiger partial charge in [0.15, 0.2) is 0 Å². The number of hydrogen-bond donors (Lipinski definition) is 0. The van der Waals surface area contributed by atoms with E-state index in [0.717, 1.165) is 5.56 Å². The van der Waals surface area contributed by atoms with Crippen molar-refractivity contribution in [2.45, 2.75) is 34.6 Å². The second kappa shape index (κ2) is 6.56. The predicted octanol–water partition coefficient (Wildman–Crippen LogP) is 4.62. The molecule has 0 saturated heterocycles. The molecule has 0 aliphatic heterocycles. The molecule has 0 aliphatic rings. The summed E-state index contributed by atoms with van der Waals surface area (Å²) in [6.07, 6.45) is 0. The van der Waals surface area contributed by atoms with Crippen LogP contribution in [0.2, 0.25) is 0 Å². The molecule has 0 atom stereocenters. The van der Waals surface area contributed by atoms with E-state index >= 15 is 0 Å². The fourth-order valence-electron chi connectivity index (χ4n) is 3.12. The van der Waals surface area contributed by atoms with E-state index in [0.29, 0.717) is 34.6 Å². The van der Waals surface area contributed by atoms with E-state index in [1.807, 2.05) is 51.2 Å². The smallest absolute Gasteiger partial charge is 0.259 e. The van der Waals surface area contributed by atoms with Crippen molar-refractivity contribution in [3.63, 3.8) is 0 Å². The molecule has 0 aliphatic carbocycles. The molecule has 2 heterocycles. The minimum Gasteiger partial charge on any atom is -0.341 e. The first-order valence-electron chi connectivity index (χ1n) is 8.75. The van der Waals surface area contributed by atoms with Gasteiger partial charge in [-0.2, -0.15) is 0 Å². The topological polar surface area (TPSA) is 59.2 Å². The number of aryl methyl sites for hydroxylation is 2. The quantitative estimate of drug-likeness (QED) is 0.690. The largest absolute Gasteiger partial charge is 0.341 e. The van der Waals surface area contributed by atoms with Crippen molar-refractivity contribution < 1.29 is 9.32 Å². The van der Waals surface area contributed by atoms with Gasteiger partial charge in [0.05, 0.1) is 22.3 Å². The average molecular weight is 351 g/mol. The molecule has 5 nitrogen and oxygen atoms in total. The maximum Gasteiger partial charge on any atom is 0.259 e. The monoisotopic (exact) mass is 351 g/mol. The standard InChI is InChI=1S/C21H25N3O2/c1-13-7-9-15(10-8-13)17-11-16(18-14(2)23-26-19(18)22-17)20(25)24(6)12-21(3,4)5/h7-11H,12H2,1-6H3. The van der Waals surface area contributed by atoms with Gasteiger partial charge in [-0.05, 0) is 25.3 Å². The number of benzene rings is 1. The van der Waals surface area contributed by atoms with E-state index in [4.69, 9.17) is 4.52 Å². The number of aromatic nitrogens is 2. The zero-order chi connectivity index (χ0) is 19.1. The predicted molar refractivity (Wildman–Crippen MR) is 103 cm³/mol. The fourth-order valence-corrected chi connectivity index (χ4v) is 3.12. The summed E-state index contributed by atoms with van der Waals surface area (Å²) in [5.41, 5.74) is 4.49.